The van der Waals surface area contributed by atoms with Crippen molar-refractivity contribution in [3.05, 3.63) is 28.3 Å². The van der Waals surface area contributed by atoms with Crippen molar-refractivity contribution in [1.82, 2.24) is 19.5 Å². The van der Waals surface area contributed by atoms with E-state index < -0.39 is 26.0 Å². The van der Waals surface area contributed by atoms with Gasteiger partial charge in [0, 0.05) is 6.42 Å². The van der Waals surface area contributed by atoms with Gasteiger partial charge >= 0.3 is 0 Å². The number of allylic oxidation sites excluding steroid dienone is 1. The quantitative estimate of drug-likeness (QED) is 0.442. The van der Waals surface area contributed by atoms with Crippen LogP contribution < -0.4 is 21.1 Å². The highest BCUT2D eigenvalue weighted by molar-refractivity contribution is 7.55. The van der Waals surface area contributed by atoms with Gasteiger partial charge in [-0.1, -0.05) is 6.08 Å². The van der Waals surface area contributed by atoms with Gasteiger partial charge in [0.25, 0.3) is 5.56 Å². The third-order valence-corrected chi connectivity index (χ3v) is 4.14. The molecule has 0 radical (unpaired) electrons. The number of anilines is 1. The monoisotopic (exact) mass is 340 g/mol. The SMILES string of the molecule is CC1=C[C@H](n2cnc3c(=O)[nH]c(N)nc32)C[C@@H]1OC[P+]([O-])([O-])O. The molecule has 1 aliphatic rings. The summed E-state index contributed by atoms with van der Waals surface area (Å²) in [5.41, 5.74) is 6.48. The lowest BCUT2D eigenvalue weighted by Crippen LogP contribution is -2.27. The number of nitrogens with one attached hydrogen (secondary N) is 1. The molecule has 0 fully saturated rings. The van der Waals surface area contributed by atoms with E-state index in [2.05, 4.69) is 15.0 Å². The standard InChI is InChI=1S/C12H16N5O5P/c1-6-2-7(3-8(6)22-5-23(19,20)21)17-4-14-9-10(17)15-12(13)16-11(9)18/h2,4,7-8H,3,5H2,1H3,(H2,19,20,21)(H3,13,15,16,18)/p-1/t7-,8-/m0/s1. The normalized spacial score (nSPS) is 21.8. The highest BCUT2D eigenvalue weighted by atomic mass is 31.2. The Morgan fingerprint density at radius 3 is 3.04 bits per heavy atom. The minimum absolute atomic E-state index is 0.0108. The van der Waals surface area contributed by atoms with Crippen LogP contribution >= 0.6 is 7.94 Å². The zero-order valence-electron chi connectivity index (χ0n) is 12.2. The molecule has 23 heavy (non-hydrogen) atoms. The van der Waals surface area contributed by atoms with Crippen LogP contribution in [-0.4, -0.2) is 36.9 Å². The minimum Gasteiger partial charge on any atom is -0.658 e. The third kappa shape index (κ3) is 3.26. The van der Waals surface area contributed by atoms with Gasteiger partial charge in [0.2, 0.25) is 5.95 Å². The van der Waals surface area contributed by atoms with E-state index in [1.54, 1.807) is 11.5 Å². The van der Waals surface area contributed by atoms with Gasteiger partial charge in [0.05, 0.1) is 26.4 Å². The van der Waals surface area contributed by atoms with E-state index in [-0.39, 0.29) is 17.5 Å². The van der Waals surface area contributed by atoms with E-state index >= 15 is 0 Å². The third-order valence-electron chi connectivity index (χ3n) is 3.67. The predicted molar refractivity (Wildman–Crippen MR) is 78.9 cm³/mol. The van der Waals surface area contributed by atoms with E-state index in [0.29, 0.717) is 12.1 Å². The molecule has 3 rings (SSSR count). The molecule has 2 aromatic rings. The Morgan fingerprint density at radius 2 is 2.35 bits per heavy atom. The van der Waals surface area contributed by atoms with Gasteiger partial charge in [-0.25, -0.2) is 4.98 Å². The summed E-state index contributed by atoms with van der Waals surface area (Å²) in [7, 11) is -4.47. The second-order valence-electron chi connectivity index (χ2n) is 5.41. The Balaban J connectivity index is 1.86. The molecule has 0 saturated carbocycles. The first-order valence-corrected chi connectivity index (χ1v) is 8.56. The lowest BCUT2D eigenvalue weighted by atomic mass is 10.2. The number of ether oxygens (including phenoxy) is 1. The number of H-pyrrole nitrogens is 1. The highest BCUT2D eigenvalue weighted by Gasteiger charge is 2.28. The number of nitrogen functional groups attached to an aromatic ring is 1. The minimum atomic E-state index is -4.47. The van der Waals surface area contributed by atoms with E-state index in [1.165, 1.54) is 6.33 Å². The summed E-state index contributed by atoms with van der Waals surface area (Å²) in [6.45, 7) is 1.80. The number of nitrogens with two attached hydrogens (primary N) is 1. The largest absolute Gasteiger partial charge is 0.658 e. The molecule has 0 aliphatic heterocycles. The number of fused-ring (bicyclic) bond motifs is 1. The molecule has 0 amide bonds. The zero-order valence-corrected chi connectivity index (χ0v) is 13.1. The van der Waals surface area contributed by atoms with Crippen molar-refractivity contribution in [1.29, 1.82) is 0 Å². The highest BCUT2D eigenvalue weighted by Crippen LogP contribution is 2.38. The fourth-order valence-corrected chi connectivity index (χ4v) is 3.02. The van der Waals surface area contributed by atoms with Crippen LogP contribution in [0.1, 0.15) is 19.4 Å². The van der Waals surface area contributed by atoms with E-state index in [9.17, 15) is 14.6 Å². The smallest absolute Gasteiger partial charge is 0.280 e. The molecule has 0 spiro atoms. The van der Waals surface area contributed by atoms with Crippen LogP contribution in [0, 0.1) is 0 Å². The van der Waals surface area contributed by atoms with E-state index in [1.807, 2.05) is 6.08 Å². The fourth-order valence-electron chi connectivity index (χ4n) is 2.65. The Bertz CT molecular complexity index is 823. The first-order chi connectivity index (χ1) is 10.7. The Morgan fingerprint density at radius 1 is 1.61 bits per heavy atom. The first kappa shape index (κ1) is 16.0. The summed E-state index contributed by atoms with van der Waals surface area (Å²) < 4.78 is 6.91. The van der Waals surface area contributed by atoms with Crippen molar-refractivity contribution < 1.29 is 19.4 Å². The maximum absolute atomic E-state index is 11.8. The maximum Gasteiger partial charge on any atom is 0.280 e. The van der Waals surface area contributed by atoms with Crippen molar-refractivity contribution in [2.75, 3.05) is 12.1 Å². The summed E-state index contributed by atoms with van der Waals surface area (Å²) >= 11 is 0. The summed E-state index contributed by atoms with van der Waals surface area (Å²) in [4.78, 5) is 52.7. The predicted octanol–water partition coefficient (Wildman–Crippen LogP) is -1.59. The van der Waals surface area contributed by atoms with E-state index in [0.717, 1.165) is 5.57 Å². The molecule has 2 aromatic heterocycles. The van der Waals surface area contributed by atoms with Crippen LogP contribution in [0.25, 0.3) is 11.2 Å². The van der Waals surface area contributed by atoms with Crippen LogP contribution in [0.3, 0.4) is 0 Å². The summed E-state index contributed by atoms with van der Waals surface area (Å²) in [6, 6.07) is -0.205. The average Bonchev–Trinajstić information content (AvgIpc) is 2.99. The van der Waals surface area contributed by atoms with Crippen molar-refractivity contribution in [3.63, 3.8) is 0 Å². The van der Waals surface area contributed by atoms with E-state index in [4.69, 9.17) is 15.4 Å². The average molecular weight is 340 g/mol. The Hall–Kier alpha value is -1.84. The lowest BCUT2D eigenvalue weighted by molar-refractivity contribution is -0.336. The van der Waals surface area contributed by atoms with Gasteiger partial charge in [0.1, 0.15) is 0 Å². The van der Waals surface area contributed by atoms with Crippen molar-refractivity contribution in [2.24, 2.45) is 0 Å². The Kier molecular flexibility index (Phi) is 3.95. The molecule has 124 valence electrons. The number of hydrogen-bond donors (Lipinski definition) is 3. The molecule has 2 heterocycles. The second kappa shape index (κ2) is 5.66. The topological polar surface area (TPSA) is 165 Å². The maximum atomic E-state index is 11.8. The zero-order chi connectivity index (χ0) is 16.8. The van der Waals surface area contributed by atoms with Crippen molar-refractivity contribution in [2.45, 2.75) is 25.5 Å². The summed E-state index contributed by atoms with van der Waals surface area (Å²) in [6.07, 6.45) is 2.59. The van der Waals surface area contributed by atoms with Gasteiger partial charge in [-0.05, 0) is 12.5 Å². The van der Waals surface area contributed by atoms with Gasteiger partial charge in [-0.15, -0.1) is 0 Å². The summed E-state index contributed by atoms with van der Waals surface area (Å²) in [5.74, 6) is -0.0108. The van der Waals surface area contributed by atoms with Crippen LogP contribution in [0.2, 0.25) is 0 Å². The lowest BCUT2D eigenvalue weighted by Gasteiger charge is -2.28. The molecule has 2 atom stereocenters. The molecule has 10 nitrogen and oxygen atoms in total. The first-order valence-electron chi connectivity index (χ1n) is 6.79. The van der Waals surface area contributed by atoms with Gasteiger partial charge < -0.3 is 24.8 Å². The number of aromatic amines is 1. The number of aromatic nitrogens is 4. The number of nitrogens with zero attached hydrogens (tertiary/aromatic N) is 3. The molecule has 0 aromatic carbocycles. The summed E-state index contributed by atoms with van der Waals surface area (Å²) in [5, 5.41) is 0. The van der Waals surface area contributed by atoms with Crippen LogP contribution in [0.5, 0.6) is 0 Å². The van der Waals surface area contributed by atoms with Crippen LogP contribution in [0.4, 0.5) is 5.95 Å². The molecule has 4 N–H and O–H groups in total. The molecule has 0 unspecified atom stereocenters. The molecule has 0 saturated heterocycles. The Labute approximate surface area is 130 Å². The van der Waals surface area contributed by atoms with Gasteiger partial charge in [-0.3, -0.25) is 14.7 Å². The van der Waals surface area contributed by atoms with Crippen molar-refractivity contribution >= 4 is 25.1 Å². The molecular weight excluding hydrogens is 325 g/mol. The second-order valence-corrected chi connectivity index (χ2v) is 6.94. The van der Waals surface area contributed by atoms with Crippen LogP contribution in [-0.2, 0) is 4.74 Å². The number of imidazole rings is 1. The molecular formula is C12H15N5O5P-. The molecule has 0 bridgehead atoms. The molecule has 11 heteroatoms. The number of rotatable bonds is 4. The van der Waals surface area contributed by atoms with Crippen LogP contribution in [0.15, 0.2) is 22.8 Å². The fraction of sp³-hybridized carbons (Fsp3) is 0.417. The number of hydrogen-bond acceptors (Lipinski definition) is 8. The van der Waals surface area contributed by atoms with Gasteiger partial charge in [-0.2, -0.15) is 4.98 Å². The van der Waals surface area contributed by atoms with Crippen molar-refractivity contribution in [3.8, 4) is 0 Å². The van der Waals surface area contributed by atoms with Gasteiger partial charge in [0.15, 0.2) is 17.5 Å². The molecule has 1 aliphatic carbocycles.